The fourth-order valence-corrected chi connectivity index (χ4v) is 3.37. The van der Waals surface area contributed by atoms with Crippen molar-refractivity contribution in [1.82, 2.24) is 9.97 Å². The third-order valence-corrected chi connectivity index (χ3v) is 4.82. The van der Waals surface area contributed by atoms with Crippen LogP contribution in [0, 0.1) is 0 Å². The van der Waals surface area contributed by atoms with E-state index in [9.17, 15) is 9.59 Å². The molecule has 4 rings (SSSR count). The van der Waals surface area contributed by atoms with Crippen LogP contribution in [0.25, 0.3) is 11.3 Å². The summed E-state index contributed by atoms with van der Waals surface area (Å²) >= 11 is 0. The molecular weight excluding hydrogens is 384 g/mol. The van der Waals surface area contributed by atoms with Crippen LogP contribution in [0.4, 0.5) is 5.69 Å². The smallest absolute Gasteiger partial charge is 0.307 e. The van der Waals surface area contributed by atoms with Gasteiger partial charge in [-0.3, -0.25) is 9.59 Å². The Balaban J connectivity index is 1.70. The number of nitrogens with zero attached hydrogens (tertiary/aromatic N) is 2. The maximum atomic E-state index is 12.9. The first-order chi connectivity index (χ1) is 14.5. The zero-order chi connectivity index (χ0) is 21.1. The second-order valence-corrected chi connectivity index (χ2v) is 6.90. The van der Waals surface area contributed by atoms with Gasteiger partial charge in [0.25, 0.3) is 5.91 Å². The molecule has 8 heteroatoms. The quantitative estimate of drug-likeness (QED) is 0.576. The number of carbonyl (C=O) groups excluding carboxylic acids is 1. The van der Waals surface area contributed by atoms with E-state index in [-0.39, 0.29) is 12.2 Å². The van der Waals surface area contributed by atoms with Crippen molar-refractivity contribution in [3.8, 4) is 11.3 Å². The van der Waals surface area contributed by atoms with E-state index in [4.69, 9.17) is 15.6 Å². The van der Waals surface area contributed by atoms with Crippen LogP contribution in [0.1, 0.15) is 33.0 Å². The number of aliphatic carboxylic acids is 1. The fourth-order valence-electron chi connectivity index (χ4n) is 3.37. The summed E-state index contributed by atoms with van der Waals surface area (Å²) in [6.07, 6.45) is -0.202. The minimum absolute atomic E-state index is 0.00229. The Bertz CT molecular complexity index is 1130. The molecule has 0 bridgehead atoms. The van der Waals surface area contributed by atoms with E-state index in [1.165, 1.54) is 0 Å². The maximum absolute atomic E-state index is 12.9. The lowest BCUT2D eigenvalue weighted by Gasteiger charge is -2.12. The molecule has 0 saturated carbocycles. The van der Waals surface area contributed by atoms with Crippen LogP contribution >= 0.6 is 0 Å². The molecule has 4 N–H and O–H groups in total. The number of nitrogens with two attached hydrogens (primary N) is 1. The van der Waals surface area contributed by atoms with Gasteiger partial charge in [0, 0.05) is 23.4 Å². The van der Waals surface area contributed by atoms with Gasteiger partial charge >= 0.3 is 5.97 Å². The highest BCUT2D eigenvalue weighted by Crippen LogP contribution is 2.29. The third kappa shape index (κ3) is 4.05. The van der Waals surface area contributed by atoms with E-state index in [1.54, 1.807) is 24.3 Å². The molecule has 1 amide bonds. The SMILES string of the molecule is NCc1cccc(-c2nc(C(=O)Nc3ccccc3CC(=O)O)nc3c2COC3)c1. The van der Waals surface area contributed by atoms with Crippen molar-refractivity contribution in [2.45, 2.75) is 26.2 Å². The van der Waals surface area contributed by atoms with Crippen molar-refractivity contribution in [3.63, 3.8) is 0 Å². The van der Waals surface area contributed by atoms with Crippen molar-refractivity contribution in [1.29, 1.82) is 0 Å². The van der Waals surface area contributed by atoms with Gasteiger partial charge in [0.15, 0.2) is 0 Å². The van der Waals surface area contributed by atoms with Gasteiger partial charge in [-0.2, -0.15) is 0 Å². The second-order valence-electron chi connectivity index (χ2n) is 6.90. The van der Waals surface area contributed by atoms with Gasteiger partial charge in [0.2, 0.25) is 5.82 Å². The topological polar surface area (TPSA) is 127 Å². The molecule has 2 heterocycles. The van der Waals surface area contributed by atoms with Crippen molar-refractivity contribution in [2.24, 2.45) is 5.73 Å². The molecule has 0 spiro atoms. The number of hydrogen-bond acceptors (Lipinski definition) is 6. The van der Waals surface area contributed by atoms with Gasteiger partial charge in [-0.1, -0.05) is 36.4 Å². The summed E-state index contributed by atoms with van der Waals surface area (Å²) in [5.41, 5.74) is 10.6. The molecule has 0 fully saturated rings. The third-order valence-electron chi connectivity index (χ3n) is 4.82. The number of anilines is 1. The Hall–Kier alpha value is -3.62. The standard InChI is InChI=1S/C22H20N4O4/c23-10-13-4-3-6-15(8-13)20-16-11-30-12-18(16)24-21(26-20)22(29)25-17-7-2-1-5-14(17)9-19(27)28/h1-8H,9-12,23H2,(H,25,29)(H,27,28). The second kappa shape index (κ2) is 8.40. The summed E-state index contributed by atoms with van der Waals surface area (Å²) in [4.78, 5) is 32.9. The molecule has 2 aromatic carbocycles. The number of carboxylic acids is 1. The molecule has 152 valence electrons. The molecule has 0 radical (unpaired) electrons. The number of rotatable bonds is 6. The lowest BCUT2D eigenvalue weighted by Crippen LogP contribution is -2.19. The molecule has 3 aromatic rings. The molecular formula is C22H20N4O4. The summed E-state index contributed by atoms with van der Waals surface area (Å²) in [5.74, 6) is -1.50. The van der Waals surface area contributed by atoms with Crippen LogP contribution in [-0.4, -0.2) is 27.0 Å². The van der Waals surface area contributed by atoms with E-state index in [1.807, 2.05) is 24.3 Å². The van der Waals surface area contributed by atoms with E-state index in [2.05, 4.69) is 15.3 Å². The summed E-state index contributed by atoms with van der Waals surface area (Å²) < 4.78 is 5.53. The van der Waals surface area contributed by atoms with Crippen LogP contribution < -0.4 is 11.1 Å². The van der Waals surface area contributed by atoms with Crippen molar-refractivity contribution in [3.05, 3.63) is 76.7 Å². The number of carbonyl (C=O) groups is 2. The van der Waals surface area contributed by atoms with Crippen LogP contribution in [0.3, 0.4) is 0 Å². The van der Waals surface area contributed by atoms with Crippen LogP contribution in [-0.2, 0) is 35.7 Å². The zero-order valence-corrected chi connectivity index (χ0v) is 16.1. The largest absolute Gasteiger partial charge is 0.481 e. The first kappa shape index (κ1) is 19.7. The molecule has 0 unspecified atom stereocenters. The predicted molar refractivity (Wildman–Crippen MR) is 110 cm³/mol. The monoisotopic (exact) mass is 404 g/mol. The molecule has 30 heavy (non-hydrogen) atoms. The Kier molecular flexibility index (Phi) is 5.51. The van der Waals surface area contributed by atoms with Crippen molar-refractivity contribution < 1.29 is 19.4 Å². The van der Waals surface area contributed by atoms with Gasteiger partial charge in [-0.25, -0.2) is 9.97 Å². The number of fused-ring (bicyclic) bond motifs is 1. The number of carboxylic acid groups (broad SMARTS) is 1. The number of aromatic nitrogens is 2. The summed E-state index contributed by atoms with van der Waals surface area (Å²) in [5, 5.41) is 11.8. The number of ether oxygens (including phenoxy) is 1. The zero-order valence-electron chi connectivity index (χ0n) is 16.1. The first-order valence-electron chi connectivity index (χ1n) is 9.43. The Morgan fingerprint density at radius 2 is 1.93 bits per heavy atom. The van der Waals surface area contributed by atoms with Crippen molar-refractivity contribution >= 4 is 17.6 Å². The van der Waals surface area contributed by atoms with E-state index in [0.29, 0.717) is 42.4 Å². The highest BCUT2D eigenvalue weighted by atomic mass is 16.5. The van der Waals surface area contributed by atoms with E-state index < -0.39 is 11.9 Å². The number of para-hydroxylation sites is 1. The number of benzene rings is 2. The molecule has 8 nitrogen and oxygen atoms in total. The highest BCUT2D eigenvalue weighted by Gasteiger charge is 2.24. The first-order valence-corrected chi connectivity index (χ1v) is 9.43. The Labute approximate surface area is 172 Å². The Morgan fingerprint density at radius 1 is 1.10 bits per heavy atom. The molecule has 1 aliphatic rings. The molecule has 0 atom stereocenters. The van der Waals surface area contributed by atoms with Gasteiger partial charge in [0.05, 0.1) is 31.0 Å². The van der Waals surface area contributed by atoms with E-state index in [0.717, 1.165) is 16.7 Å². The van der Waals surface area contributed by atoms with Crippen LogP contribution in [0.5, 0.6) is 0 Å². The normalized spacial score (nSPS) is 12.4. The number of amides is 1. The lowest BCUT2D eigenvalue weighted by molar-refractivity contribution is -0.136. The van der Waals surface area contributed by atoms with Gasteiger partial charge in [0.1, 0.15) is 0 Å². The van der Waals surface area contributed by atoms with Gasteiger partial charge < -0.3 is 20.9 Å². The maximum Gasteiger partial charge on any atom is 0.307 e. The minimum atomic E-state index is -0.982. The van der Waals surface area contributed by atoms with Crippen LogP contribution in [0.2, 0.25) is 0 Å². The average Bonchev–Trinajstić information content (AvgIpc) is 3.23. The average molecular weight is 404 g/mol. The molecule has 0 aliphatic carbocycles. The summed E-state index contributed by atoms with van der Waals surface area (Å²) in [6, 6.07) is 14.4. The summed E-state index contributed by atoms with van der Waals surface area (Å²) in [6.45, 7) is 1.07. The van der Waals surface area contributed by atoms with E-state index >= 15 is 0 Å². The number of hydrogen-bond donors (Lipinski definition) is 3. The van der Waals surface area contributed by atoms with Gasteiger partial charge in [-0.15, -0.1) is 0 Å². The van der Waals surface area contributed by atoms with Gasteiger partial charge in [-0.05, 0) is 23.3 Å². The molecule has 1 aliphatic heterocycles. The minimum Gasteiger partial charge on any atom is -0.481 e. The lowest BCUT2D eigenvalue weighted by atomic mass is 10.0. The molecule has 0 saturated heterocycles. The highest BCUT2D eigenvalue weighted by molar-refractivity contribution is 6.02. The summed E-state index contributed by atoms with van der Waals surface area (Å²) in [7, 11) is 0. The Morgan fingerprint density at radius 3 is 2.73 bits per heavy atom. The van der Waals surface area contributed by atoms with Crippen molar-refractivity contribution in [2.75, 3.05) is 5.32 Å². The number of nitrogens with one attached hydrogen (secondary N) is 1. The predicted octanol–water partition coefficient (Wildman–Crippen LogP) is 2.51. The van der Waals surface area contributed by atoms with Crippen LogP contribution in [0.15, 0.2) is 48.5 Å². The fraction of sp³-hybridized carbons (Fsp3) is 0.182. The molecule has 1 aromatic heterocycles.